The summed E-state index contributed by atoms with van der Waals surface area (Å²) in [6.45, 7) is 6.89. The third-order valence-electron chi connectivity index (χ3n) is 3.72. The van der Waals surface area contributed by atoms with Crippen molar-refractivity contribution >= 4 is 0 Å². The van der Waals surface area contributed by atoms with E-state index in [1.807, 2.05) is 0 Å². The average molecular weight is 227 g/mol. The molecule has 0 bridgehead atoms. The third-order valence-corrected chi connectivity index (χ3v) is 3.72. The molecule has 1 saturated carbocycles. The maximum Gasteiger partial charge on any atom is 0.0197 e. The predicted molar refractivity (Wildman–Crippen MR) is 70.6 cm³/mol. The Morgan fingerprint density at radius 1 is 1.31 bits per heavy atom. The average Bonchev–Trinajstić information content (AvgIpc) is 2.17. The van der Waals surface area contributed by atoms with Crippen molar-refractivity contribution in [3.63, 3.8) is 0 Å². The summed E-state index contributed by atoms with van der Waals surface area (Å²) in [6, 6.07) is 1.78. The number of likely N-dealkylation sites (N-methyl/N-ethyl adjacent to an activating group) is 2. The lowest BCUT2D eigenvalue weighted by molar-refractivity contribution is 0.0963. The number of hydrogen-bond donors (Lipinski definition) is 1. The molecule has 0 spiro atoms. The van der Waals surface area contributed by atoms with Crippen LogP contribution in [0.3, 0.4) is 0 Å². The Hall–Kier alpha value is -0.120. The molecule has 0 aromatic heterocycles. The topological polar surface area (TPSA) is 32.5 Å². The van der Waals surface area contributed by atoms with Crippen molar-refractivity contribution in [3.05, 3.63) is 0 Å². The molecule has 3 heteroatoms. The Labute approximate surface area is 101 Å². The van der Waals surface area contributed by atoms with Crippen molar-refractivity contribution in [2.75, 3.05) is 27.2 Å². The molecule has 0 aliphatic heterocycles. The SMILES string of the molecule is CCN(C(C)CN(C)C)C1CCCC(N)C1. The van der Waals surface area contributed by atoms with Crippen molar-refractivity contribution in [1.82, 2.24) is 9.80 Å². The lowest BCUT2D eigenvalue weighted by atomic mass is 9.90. The quantitative estimate of drug-likeness (QED) is 0.773. The van der Waals surface area contributed by atoms with Crippen LogP contribution in [0.4, 0.5) is 0 Å². The van der Waals surface area contributed by atoms with Crippen molar-refractivity contribution in [1.29, 1.82) is 0 Å². The lowest BCUT2D eigenvalue weighted by Crippen LogP contribution is -2.49. The van der Waals surface area contributed by atoms with Gasteiger partial charge in [-0.2, -0.15) is 0 Å². The summed E-state index contributed by atoms with van der Waals surface area (Å²) < 4.78 is 0. The van der Waals surface area contributed by atoms with Gasteiger partial charge in [0.25, 0.3) is 0 Å². The van der Waals surface area contributed by atoms with Crippen LogP contribution in [0.15, 0.2) is 0 Å². The highest BCUT2D eigenvalue weighted by atomic mass is 15.2. The number of nitrogens with two attached hydrogens (primary N) is 1. The van der Waals surface area contributed by atoms with Crippen LogP contribution >= 0.6 is 0 Å². The Morgan fingerprint density at radius 3 is 2.50 bits per heavy atom. The second-order valence-corrected chi connectivity index (χ2v) is 5.52. The van der Waals surface area contributed by atoms with E-state index < -0.39 is 0 Å². The summed E-state index contributed by atoms with van der Waals surface area (Å²) >= 11 is 0. The Morgan fingerprint density at radius 2 is 2.00 bits per heavy atom. The Kier molecular flexibility index (Phi) is 5.73. The molecule has 0 radical (unpaired) electrons. The second kappa shape index (κ2) is 6.58. The van der Waals surface area contributed by atoms with Crippen LogP contribution in [-0.2, 0) is 0 Å². The number of hydrogen-bond acceptors (Lipinski definition) is 3. The summed E-state index contributed by atoms with van der Waals surface area (Å²) in [5.41, 5.74) is 6.08. The highest BCUT2D eigenvalue weighted by molar-refractivity contribution is 4.84. The summed E-state index contributed by atoms with van der Waals surface area (Å²) in [4.78, 5) is 4.91. The zero-order valence-corrected chi connectivity index (χ0v) is 11.4. The minimum absolute atomic E-state index is 0.430. The van der Waals surface area contributed by atoms with Crippen LogP contribution in [0.5, 0.6) is 0 Å². The van der Waals surface area contributed by atoms with E-state index in [1.54, 1.807) is 0 Å². The predicted octanol–water partition coefficient (Wildman–Crippen LogP) is 1.53. The Balaban J connectivity index is 2.51. The second-order valence-electron chi connectivity index (χ2n) is 5.52. The van der Waals surface area contributed by atoms with E-state index in [1.165, 1.54) is 25.7 Å². The minimum Gasteiger partial charge on any atom is -0.328 e. The van der Waals surface area contributed by atoms with Crippen molar-refractivity contribution < 1.29 is 0 Å². The van der Waals surface area contributed by atoms with E-state index in [0.717, 1.165) is 13.1 Å². The molecule has 0 aromatic carbocycles. The van der Waals surface area contributed by atoms with E-state index in [0.29, 0.717) is 18.1 Å². The highest BCUT2D eigenvalue weighted by Gasteiger charge is 2.27. The van der Waals surface area contributed by atoms with Gasteiger partial charge in [0.2, 0.25) is 0 Å². The molecule has 3 unspecified atom stereocenters. The summed E-state index contributed by atoms with van der Waals surface area (Å²) in [5.74, 6) is 0. The summed E-state index contributed by atoms with van der Waals surface area (Å²) in [5, 5.41) is 0. The van der Waals surface area contributed by atoms with Crippen LogP contribution in [0, 0.1) is 0 Å². The number of rotatable bonds is 5. The largest absolute Gasteiger partial charge is 0.328 e. The standard InChI is InChI=1S/C13H29N3/c1-5-16(11(2)10-15(3)4)13-8-6-7-12(14)9-13/h11-13H,5-10,14H2,1-4H3. The van der Waals surface area contributed by atoms with E-state index in [4.69, 9.17) is 5.73 Å². The van der Waals surface area contributed by atoms with Gasteiger partial charge in [-0.3, -0.25) is 4.90 Å². The lowest BCUT2D eigenvalue weighted by Gasteiger charge is -2.40. The van der Waals surface area contributed by atoms with Gasteiger partial charge < -0.3 is 10.6 Å². The molecule has 0 aromatic rings. The van der Waals surface area contributed by atoms with E-state index in [2.05, 4.69) is 37.7 Å². The summed E-state index contributed by atoms with van der Waals surface area (Å²) in [7, 11) is 4.30. The minimum atomic E-state index is 0.430. The normalized spacial score (nSPS) is 28.7. The van der Waals surface area contributed by atoms with Crippen LogP contribution in [0.2, 0.25) is 0 Å². The van der Waals surface area contributed by atoms with Crippen LogP contribution in [0.1, 0.15) is 39.5 Å². The molecule has 1 rings (SSSR count). The first-order valence-electron chi connectivity index (χ1n) is 6.70. The molecule has 0 amide bonds. The molecular weight excluding hydrogens is 198 g/mol. The van der Waals surface area contributed by atoms with Crippen molar-refractivity contribution in [2.45, 2.75) is 57.7 Å². The van der Waals surface area contributed by atoms with Crippen LogP contribution < -0.4 is 5.73 Å². The zero-order chi connectivity index (χ0) is 12.1. The molecule has 2 N–H and O–H groups in total. The van der Waals surface area contributed by atoms with Gasteiger partial charge >= 0.3 is 0 Å². The fourth-order valence-electron chi connectivity index (χ4n) is 3.07. The van der Waals surface area contributed by atoms with Crippen molar-refractivity contribution in [3.8, 4) is 0 Å². The van der Waals surface area contributed by atoms with E-state index in [9.17, 15) is 0 Å². The van der Waals surface area contributed by atoms with Gasteiger partial charge in [-0.1, -0.05) is 13.3 Å². The first-order valence-corrected chi connectivity index (χ1v) is 6.70. The maximum atomic E-state index is 6.08. The fraction of sp³-hybridized carbons (Fsp3) is 1.00. The third kappa shape index (κ3) is 4.04. The molecule has 3 nitrogen and oxygen atoms in total. The van der Waals surface area contributed by atoms with Gasteiger partial charge in [-0.05, 0) is 46.8 Å². The molecule has 1 aliphatic carbocycles. The molecule has 1 aliphatic rings. The van der Waals surface area contributed by atoms with Crippen LogP contribution in [-0.4, -0.2) is 55.1 Å². The van der Waals surface area contributed by atoms with E-state index >= 15 is 0 Å². The van der Waals surface area contributed by atoms with Gasteiger partial charge in [-0.25, -0.2) is 0 Å². The number of nitrogens with zero attached hydrogens (tertiary/aromatic N) is 2. The first-order chi connectivity index (χ1) is 7.54. The van der Waals surface area contributed by atoms with Gasteiger partial charge in [0.05, 0.1) is 0 Å². The first kappa shape index (κ1) is 13.9. The van der Waals surface area contributed by atoms with Gasteiger partial charge in [0.15, 0.2) is 0 Å². The fourth-order valence-corrected chi connectivity index (χ4v) is 3.07. The molecule has 0 saturated heterocycles. The van der Waals surface area contributed by atoms with Crippen molar-refractivity contribution in [2.24, 2.45) is 5.73 Å². The molecule has 1 fully saturated rings. The monoisotopic (exact) mass is 227 g/mol. The molecule has 0 heterocycles. The van der Waals surface area contributed by atoms with Gasteiger partial charge in [0.1, 0.15) is 0 Å². The molecular formula is C13H29N3. The maximum absolute atomic E-state index is 6.08. The molecule has 96 valence electrons. The molecule has 3 atom stereocenters. The van der Waals surface area contributed by atoms with Gasteiger partial charge in [-0.15, -0.1) is 0 Å². The highest BCUT2D eigenvalue weighted by Crippen LogP contribution is 2.23. The summed E-state index contributed by atoms with van der Waals surface area (Å²) in [6.07, 6.45) is 5.04. The van der Waals surface area contributed by atoms with Crippen LogP contribution in [0.25, 0.3) is 0 Å². The van der Waals surface area contributed by atoms with Gasteiger partial charge in [0, 0.05) is 24.7 Å². The van der Waals surface area contributed by atoms with E-state index in [-0.39, 0.29) is 0 Å². The Bertz CT molecular complexity index is 194. The smallest absolute Gasteiger partial charge is 0.0197 e. The molecule has 16 heavy (non-hydrogen) atoms. The zero-order valence-electron chi connectivity index (χ0n) is 11.4.